The smallest absolute Gasteiger partial charge is 0.257 e. The van der Waals surface area contributed by atoms with Gasteiger partial charge in [-0.2, -0.15) is 0 Å². The summed E-state index contributed by atoms with van der Waals surface area (Å²) in [6.07, 6.45) is 0.903. The lowest BCUT2D eigenvalue weighted by atomic mass is 10.1. The van der Waals surface area contributed by atoms with Crippen molar-refractivity contribution in [3.05, 3.63) is 23.8 Å². The molecule has 1 atom stereocenters. The zero-order chi connectivity index (χ0) is 13.4. The molecule has 98 valence electrons. The van der Waals surface area contributed by atoms with Crippen LogP contribution in [0.4, 0.5) is 5.69 Å². The second-order valence-corrected chi connectivity index (χ2v) is 7.13. The molecule has 5 nitrogen and oxygen atoms in total. The third-order valence-corrected chi connectivity index (χ3v) is 5.53. The molecule has 1 aliphatic heterocycles. The highest BCUT2D eigenvalue weighted by Gasteiger charge is 2.28. The van der Waals surface area contributed by atoms with Crippen LogP contribution in [0.5, 0.6) is 0 Å². The van der Waals surface area contributed by atoms with Crippen molar-refractivity contribution in [2.75, 3.05) is 11.6 Å². The first-order chi connectivity index (χ1) is 9.17. The van der Waals surface area contributed by atoms with Gasteiger partial charge in [-0.3, -0.25) is 4.79 Å². The van der Waals surface area contributed by atoms with Crippen LogP contribution in [0.1, 0.15) is 11.7 Å². The lowest BCUT2D eigenvalue weighted by Gasteiger charge is -2.02. The molecule has 0 aliphatic carbocycles. The standard InChI is InChI=1S/C11H9N3O2S3/c1-17-10-13-14-11(19-10)18-5-2-3-6-7(4-5)12-9(16)8(6)15/h2-4,8,15H,1H3,(H,12,16). The lowest BCUT2D eigenvalue weighted by Crippen LogP contribution is -2.10. The number of hydrogen-bond donors (Lipinski definition) is 2. The number of thioether (sulfide) groups is 1. The SMILES string of the molecule is CSc1nnc(Sc2ccc3c(c2)NC(=O)C3O)s1. The first-order valence-electron chi connectivity index (χ1n) is 5.35. The average Bonchev–Trinajstić information content (AvgIpc) is 2.96. The van der Waals surface area contributed by atoms with E-state index in [1.165, 1.54) is 23.1 Å². The van der Waals surface area contributed by atoms with Gasteiger partial charge in [0.15, 0.2) is 14.8 Å². The molecule has 19 heavy (non-hydrogen) atoms. The van der Waals surface area contributed by atoms with Crippen molar-refractivity contribution >= 4 is 46.5 Å². The zero-order valence-electron chi connectivity index (χ0n) is 9.78. The highest BCUT2D eigenvalue weighted by Crippen LogP contribution is 2.38. The van der Waals surface area contributed by atoms with E-state index in [4.69, 9.17) is 0 Å². The minimum absolute atomic E-state index is 0.377. The predicted molar refractivity (Wildman–Crippen MR) is 75.8 cm³/mol. The van der Waals surface area contributed by atoms with Crippen LogP contribution in [0, 0.1) is 0 Å². The summed E-state index contributed by atoms with van der Waals surface area (Å²) >= 11 is 4.58. The number of carbonyl (C=O) groups excluding carboxylic acids is 1. The molecule has 3 rings (SSSR count). The molecule has 2 aromatic rings. The van der Waals surface area contributed by atoms with Crippen molar-refractivity contribution in [2.45, 2.75) is 19.7 Å². The van der Waals surface area contributed by atoms with E-state index in [9.17, 15) is 9.90 Å². The highest BCUT2D eigenvalue weighted by molar-refractivity contribution is 8.03. The third kappa shape index (κ3) is 2.48. The van der Waals surface area contributed by atoms with Crippen molar-refractivity contribution in [1.82, 2.24) is 10.2 Å². The normalized spacial score (nSPS) is 17.4. The van der Waals surface area contributed by atoms with Gasteiger partial charge in [0.25, 0.3) is 5.91 Å². The van der Waals surface area contributed by atoms with Crippen LogP contribution in [-0.4, -0.2) is 27.5 Å². The molecule has 2 N–H and O–H groups in total. The summed E-state index contributed by atoms with van der Waals surface area (Å²) in [4.78, 5) is 12.3. The maximum Gasteiger partial charge on any atom is 0.257 e. The van der Waals surface area contributed by atoms with Gasteiger partial charge in [-0.15, -0.1) is 10.2 Å². The molecule has 1 aromatic carbocycles. The van der Waals surface area contributed by atoms with Gasteiger partial charge >= 0.3 is 0 Å². The van der Waals surface area contributed by atoms with Gasteiger partial charge in [0.1, 0.15) is 0 Å². The third-order valence-electron chi connectivity index (χ3n) is 2.59. The Balaban J connectivity index is 1.84. The van der Waals surface area contributed by atoms with Gasteiger partial charge in [-0.05, 0) is 18.4 Å². The van der Waals surface area contributed by atoms with Crippen LogP contribution in [0.25, 0.3) is 0 Å². The minimum atomic E-state index is -1.06. The summed E-state index contributed by atoms with van der Waals surface area (Å²) in [6, 6.07) is 5.47. The molecule has 1 amide bonds. The first-order valence-corrected chi connectivity index (χ1v) is 8.21. The Hall–Kier alpha value is -1.09. The number of aliphatic hydroxyl groups excluding tert-OH is 1. The molecule has 0 radical (unpaired) electrons. The van der Waals surface area contributed by atoms with E-state index in [0.29, 0.717) is 11.3 Å². The molecular weight excluding hydrogens is 302 g/mol. The van der Waals surface area contributed by atoms with Crippen molar-refractivity contribution in [3.63, 3.8) is 0 Å². The van der Waals surface area contributed by atoms with Crippen LogP contribution in [-0.2, 0) is 4.79 Å². The van der Waals surface area contributed by atoms with Gasteiger partial charge in [0.05, 0.1) is 0 Å². The number of carbonyl (C=O) groups is 1. The average molecular weight is 311 g/mol. The van der Waals surface area contributed by atoms with E-state index in [1.807, 2.05) is 18.4 Å². The predicted octanol–water partition coefficient (Wildman–Crippen LogP) is 2.40. The number of aliphatic hydroxyl groups is 1. The van der Waals surface area contributed by atoms with Crippen molar-refractivity contribution in [3.8, 4) is 0 Å². The fraction of sp³-hybridized carbons (Fsp3) is 0.182. The first kappa shape index (κ1) is 12.9. The Kier molecular flexibility index (Phi) is 3.48. The Morgan fingerprint density at radius 1 is 1.37 bits per heavy atom. The molecule has 0 fully saturated rings. The van der Waals surface area contributed by atoms with Gasteiger partial charge in [0.2, 0.25) is 0 Å². The molecule has 1 aromatic heterocycles. The summed E-state index contributed by atoms with van der Waals surface area (Å²) in [7, 11) is 0. The summed E-state index contributed by atoms with van der Waals surface area (Å²) in [5.41, 5.74) is 1.29. The minimum Gasteiger partial charge on any atom is -0.378 e. The number of fused-ring (bicyclic) bond motifs is 1. The Morgan fingerprint density at radius 2 is 2.16 bits per heavy atom. The van der Waals surface area contributed by atoms with Crippen LogP contribution in [0.2, 0.25) is 0 Å². The maximum atomic E-state index is 11.4. The van der Waals surface area contributed by atoms with Crippen LogP contribution in [0.3, 0.4) is 0 Å². The molecule has 0 saturated heterocycles. The maximum absolute atomic E-state index is 11.4. The highest BCUT2D eigenvalue weighted by atomic mass is 32.2. The van der Waals surface area contributed by atoms with Crippen LogP contribution >= 0.6 is 34.9 Å². The Bertz CT molecular complexity index is 644. The Morgan fingerprint density at radius 3 is 2.89 bits per heavy atom. The number of nitrogens with one attached hydrogen (secondary N) is 1. The monoisotopic (exact) mass is 311 g/mol. The van der Waals surface area contributed by atoms with Crippen LogP contribution in [0.15, 0.2) is 31.8 Å². The fourth-order valence-electron chi connectivity index (χ4n) is 1.71. The second-order valence-electron chi connectivity index (χ2n) is 3.78. The van der Waals surface area contributed by atoms with Gasteiger partial charge < -0.3 is 10.4 Å². The summed E-state index contributed by atoms with van der Waals surface area (Å²) in [5, 5.41) is 20.4. The number of aromatic nitrogens is 2. The number of benzene rings is 1. The molecule has 2 heterocycles. The Labute approximate surface area is 121 Å². The van der Waals surface area contributed by atoms with Crippen molar-refractivity contribution in [1.29, 1.82) is 0 Å². The molecule has 0 spiro atoms. The van der Waals surface area contributed by atoms with Crippen molar-refractivity contribution < 1.29 is 9.90 Å². The van der Waals surface area contributed by atoms with Gasteiger partial charge in [-0.25, -0.2) is 0 Å². The lowest BCUT2D eigenvalue weighted by molar-refractivity contribution is -0.123. The van der Waals surface area contributed by atoms with Crippen molar-refractivity contribution in [2.24, 2.45) is 0 Å². The summed E-state index contributed by atoms with van der Waals surface area (Å²) in [6.45, 7) is 0. The van der Waals surface area contributed by atoms with E-state index >= 15 is 0 Å². The van der Waals surface area contributed by atoms with E-state index in [1.54, 1.807) is 17.8 Å². The zero-order valence-corrected chi connectivity index (χ0v) is 12.2. The molecule has 0 bridgehead atoms. The van der Waals surface area contributed by atoms with Crippen LogP contribution < -0.4 is 5.32 Å². The largest absolute Gasteiger partial charge is 0.378 e. The van der Waals surface area contributed by atoms with E-state index < -0.39 is 6.10 Å². The van der Waals surface area contributed by atoms with E-state index in [-0.39, 0.29) is 5.91 Å². The van der Waals surface area contributed by atoms with E-state index in [2.05, 4.69) is 15.5 Å². The molecule has 1 unspecified atom stereocenters. The molecule has 0 saturated carbocycles. The molecular formula is C11H9N3O2S3. The number of amides is 1. The topological polar surface area (TPSA) is 75.1 Å². The number of hydrogen-bond acceptors (Lipinski definition) is 7. The quantitative estimate of drug-likeness (QED) is 0.848. The second kappa shape index (κ2) is 5.12. The van der Waals surface area contributed by atoms with E-state index in [0.717, 1.165) is 13.6 Å². The number of anilines is 1. The molecule has 8 heteroatoms. The van der Waals surface area contributed by atoms with Gasteiger partial charge in [-0.1, -0.05) is 40.9 Å². The number of nitrogens with zero attached hydrogens (tertiary/aromatic N) is 2. The fourth-order valence-corrected chi connectivity index (χ4v) is 4.16. The number of rotatable bonds is 3. The summed E-state index contributed by atoms with van der Waals surface area (Å²) < 4.78 is 1.78. The molecule has 1 aliphatic rings. The van der Waals surface area contributed by atoms with Gasteiger partial charge in [0, 0.05) is 16.1 Å². The summed E-state index contributed by atoms with van der Waals surface area (Å²) in [5.74, 6) is -0.377.